The van der Waals surface area contributed by atoms with Gasteiger partial charge in [-0.2, -0.15) is 0 Å². The Bertz CT molecular complexity index is 990. The minimum absolute atomic E-state index is 0.0110. The van der Waals surface area contributed by atoms with Gasteiger partial charge >= 0.3 is 117 Å². The molecule has 1 heterocycles. The summed E-state index contributed by atoms with van der Waals surface area (Å²) in [7, 11) is 0. The predicted molar refractivity (Wildman–Crippen MR) is 105 cm³/mol. The quantitative estimate of drug-likeness (QED) is 0.231. The average Bonchev–Trinajstić information content (AvgIpc) is 2.67. The molecule has 0 radical (unpaired) electrons. The Hall–Kier alpha value is -2.45. The number of nitrogens with one attached hydrogen (secondary N) is 1. The van der Waals surface area contributed by atoms with Crippen molar-refractivity contribution < 1.29 is 11.9 Å². The number of rotatable bonds is 6. The third-order valence-corrected chi connectivity index (χ3v) is 6.02. The summed E-state index contributed by atoms with van der Waals surface area (Å²) in [5.41, 5.74) is 2.01. The van der Waals surface area contributed by atoms with Gasteiger partial charge in [0.25, 0.3) is 0 Å². The van der Waals surface area contributed by atoms with Gasteiger partial charge < -0.3 is 0 Å². The Labute approximate surface area is 162 Å². The molecule has 3 aromatic rings. The average molecular weight is 445 g/mol. The molecule has 27 heavy (non-hydrogen) atoms. The van der Waals surface area contributed by atoms with Crippen molar-refractivity contribution in [2.24, 2.45) is 10.2 Å². The largest absolute Gasteiger partial charge is 0.205 e. The summed E-state index contributed by atoms with van der Waals surface area (Å²) >= 11 is -3.39. The van der Waals surface area contributed by atoms with Crippen LogP contribution in [0.1, 0.15) is 0 Å². The Kier molecular flexibility index (Phi) is 6.07. The normalized spacial score (nSPS) is 11.7. The zero-order chi connectivity index (χ0) is 19.3. The molecule has 8 nitrogen and oxygen atoms in total. The van der Waals surface area contributed by atoms with Gasteiger partial charge in [0.2, 0.25) is 0 Å². The fourth-order valence-electron chi connectivity index (χ4n) is 2.10. The van der Waals surface area contributed by atoms with Gasteiger partial charge in [-0.3, -0.25) is 0 Å². The molecule has 3 rings (SSSR count). The van der Waals surface area contributed by atoms with Crippen molar-refractivity contribution in [3.8, 4) is 0 Å². The summed E-state index contributed by atoms with van der Waals surface area (Å²) < 4.78 is 29.5. The van der Waals surface area contributed by atoms with Gasteiger partial charge in [0.1, 0.15) is 0 Å². The van der Waals surface area contributed by atoms with Gasteiger partial charge in [-0.25, -0.2) is 9.97 Å². The molecule has 3 N–H and O–H groups in total. The van der Waals surface area contributed by atoms with Gasteiger partial charge in [0.05, 0.1) is 0 Å². The summed E-state index contributed by atoms with van der Waals surface area (Å²) in [4.78, 5) is 8.48. The second kappa shape index (κ2) is 8.49. The molecular weight excluding hydrogens is 429 g/mol. The van der Waals surface area contributed by atoms with Crippen LogP contribution in [0.2, 0.25) is 0 Å². The first-order valence-corrected chi connectivity index (χ1v) is 12.4. The van der Waals surface area contributed by atoms with Gasteiger partial charge in [-0.05, 0) is 12.3 Å². The van der Waals surface area contributed by atoms with Crippen molar-refractivity contribution in [2.75, 3.05) is 11.6 Å². The Morgan fingerprint density at radius 3 is 2.11 bits per heavy atom. The van der Waals surface area contributed by atoms with Crippen LogP contribution in [0.5, 0.6) is 0 Å². The van der Waals surface area contributed by atoms with Crippen molar-refractivity contribution in [2.45, 2.75) is 5.16 Å². The van der Waals surface area contributed by atoms with Crippen molar-refractivity contribution >= 4 is 53.2 Å². The number of anilines is 2. The number of hydrogen-bond donors (Lipinski definition) is 3. The maximum atomic E-state index is 11.2. The van der Waals surface area contributed by atoms with Crippen LogP contribution in [-0.2, 0) is 3.74 Å². The number of nitrogens with zero attached hydrogens (tertiary/aromatic N) is 4. The Morgan fingerprint density at radius 1 is 0.963 bits per heavy atom. The number of thioether (sulfide) groups is 1. The topological polar surface area (TPSA) is 120 Å². The number of azo groups is 1. The molecule has 0 saturated heterocycles. The van der Waals surface area contributed by atoms with Crippen LogP contribution >= 0.6 is 11.8 Å². The maximum Gasteiger partial charge on any atom is -0.205 e. The van der Waals surface area contributed by atoms with Gasteiger partial charge in [0, 0.05) is 6.20 Å². The first kappa shape index (κ1) is 19.3. The van der Waals surface area contributed by atoms with E-state index in [1.165, 1.54) is 36.0 Å². The first-order chi connectivity index (χ1) is 12.9. The Morgan fingerprint density at radius 2 is 1.56 bits per heavy atom. The number of benzene rings is 2. The molecule has 10 heteroatoms. The Balaban J connectivity index is 1.66. The second-order valence-corrected chi connectivity index (χ2v) is 9.50. The maximum absolute atomic E-state index is 11.2. The molecule has 0 bridgehead atoms. The molecule has 0 saturated carbocycles. The van der Waals surface area contributed by atoms with E-state index in [9.17, 15) is 3.74 Å². The number of aromatic nitrogens is 2. The molecule has 0 atom stereocenters. The summed E-state index contributed by atoms with van der Waals surface area (Å²) in [5, 5.41) is 12.1. The molecule has 0 fully saturated rings. The molecule has 0 aliphatic carbocycles. The third-order valence-electron chi connectivity index (χ3n) is 3.42. The van der Waals surface area contributed by atoms with Crippen LogP contribution in [0.15, 0.2) is 76.2 Å². The molecule has 0 spiro atoms. The summed E-state index contributed by atoms with van der Waals surface area (Å²) in [6.45, 7) is 0. The summed E-state index contributed by atoms with van der Waals surface area (Å²) in [5.74, 6) is 0.704. The fraction of sp³-hybridized carbons (Fsp3) is 0.0588. The molecule has 0 aliphatic heterocycles. The minimum Gasteiger partial charge on any atom is -0.205 e. The SMILES string of the molecule is CSc1nccc(Nc2ccc(N=Nc3ccc([As](=O)(O)O)cc3)cc2)n1. The van der Waals surface area contributed by atoms with Crippen molar-refractivity contribution in [3.05, 3.63) is 60.8 Å². The van der Waals surface area contributed by atoms with E-state index in [1.807, 2.05) is 18.4 Å². The van der Waals surface area contributed by atoms with Gasteiger partial charge in [-0.1, -0.05) is 11.8 Å². The molecular formula is C17H16AsN5O3S. The summed E-state index contributed by atoms with van der Waals surface area (Å²) in [6, 6.07) is 14.9. The van der Waals surface area contributed by atoms with Crippen molar-refractivity contribution in [1.29, 1.82) is 0 Å². The molecule has 0 amide bonds. The van der Waals surface area contributed by atoms with E-state index in [4.69, 9.17) is 8.19 Å². The molecule has 0 aliphatic rings. The van der Waals surface area contributed by atoms with Crippen LogP contribution in [0.4, 0.5) is 22.9 Å². The predicted octanol–water partition coefficient (Wildman–Crippen LogP) is 2.92. The minimum atomic E-state index is -4.86. The number of hydrogen-bond acceptors (Lipinski definition) is 7. The molecule has 1 aromatic heterocycles. The molecule has 0 unspecified atom stereocenters. The first-order valence-electron chi connectivity index (χ1n) is 7.76. The van der Waals surface area contributed by atoms with Crippen LogP contribution < -0.4 is 9.67 Å². The van der Waals surface area contributed by atoms with E-state index in [0.29, 0.717) is 22.3 Å². The van der Waals surface area contributed by atoms with Crippen molar-refractivity contribution in [3.63, 3.8) is 0 Å². The fourth-order valence-corrected chi connectivity index (χ4v) is 3.58. The van der Waals surface area contributed by atoms with E-state index in [-0.39, 0.29) is 4.35 Å². The van der Waals surface area contributed by atoms with Crippen LogP contribution in [0.25, 0.3) is 0 Å². The van der Waals surface area contributed by atoms with E-state index in [1.54, 1.807) is 24.4 Å². The van der Waals surface area contributed by atoms with Crippen LogP contribution in [0, 0.1) is 0 Å². The van der Waals surface area contributed by atoms with Crippen LogP contribution in [-0.4, -0.2) is 38.6 Å². The molecule has 2 aromatic carbocycles. The van der Waals surface area contributed by atoms with Gasteiger partial charge in [0.15, 0.2) is 5.16 Å². The molecule has 138 valence electrons. The van der Waals surface area contributed by atoms with E-state index in [2.05, 4.69) is 25.5 Å². The smallest absolute Gasteiger partial charge is 0.205 e. The van der Waals surface area contributed by atoms with E-state index in [0.717, 1.165) is 5.69 Å². The third kappa shape index (κ3) is 5.51. The monoisotopic (exact) mass is 445 g/mol. The zero-order valence-corrected chi connectivity index (χ0v) is 16.9. The van der Waals surface area contributed by atoms with Gasteiger partial charge in [-0.15, -0.1) is 0 Å². The van der Waals surface area contributed by atoms with Crippen molar-refractivity contribution in [1.82, 2.24) is 9.97 Å². The zero-order valence-electron chi connectivity index (χ0n) is 14.2. The second-order valence-electron chi connectivity index (χ2n) is 5.36. The van der Waals surface area contributed by atoms with Crippen LogP contribution in [0.3, 0.4) is 0 Å². The van der Waals surface area contributed by atoms with E-state index < -0.39 is 14.2 Å². The summed E-state index contributed by atoms with van der Waals surface area (Å²) in [6.07, 6.45) is 3.61. The van der Waals surface area contributed by atoms with E-state index >= 15 is 0 Å². The standard InChI is InChI=1S/C17H16AsN5O3S/c1-27-17-19-11-10-16(21-17)20-13-6-8-15(9-7-13)23-22-14-4-2-12(3-5-14)18(24,25)26/h2-11H,1H3,(H,19,20,21)(H2,24,25,26).